The zero-order valence-electron chi connectivity index (χ0n) is 9.53. The monoisotopic (exact) mass is 183 g/mol. The third-order valence-electron chi connectivity index (χ3n) is 2.30. The van der Waals surface area contributed by atoms with Crippen LogP contribution in [-0.2, 0) is 0 Å². The molecule has 0 bridgehead atoms. The molecule has 1 unspecified atom stereocenters. The summed E-state index contributed by atoms with van der Waals surface area (Å²) in [4.78, 5) is 0. The summed E-state index contributed by atoms with van der Waals surface area (Å²) in [7, 11) is 0. The smallest absolute Gasteiger partial charge is 0.00464 e. The van der Waals surface area contributed by atoms with Crippen LogP contribution in [-0.4, -0.2) is 13.1 Å². The highest BCUT2D eigenvalue weighted by Crippen LogP contribution is 2.12. The average molecular weight is 183 g/mol. The molecule has 0 aromatic heterocycles. The van der Waals surface area contributed by atoms with Gasteiger partial charge in [0.2, 0.25) is 0 Å². The summed E-state index contributed by atoms with van der Waals surface area (Å²) in [6.07, 6.45) is 5.02. The van der Waals surface area contributed by atoms with E-state index >= 15 is 0 Å². The number of nitrogens with one attached hydrogen (secondary N) is 1. The standard InChI is InChI=1S/C12H25N/c1-5-9-13-10-8-12(4)7-6-11(2)3/h12-13H,2,5-10H2,1,3-4H3. The maximum atomic E-state index is 3.92. The van der Waals surface area contributed by atoms with Crippen LogP contribution in [0.15, 0.2) is 12.2 Å². The molecule has 0 fully saturated rings. The second-order valence-electron chi connectivity index (χ2n) is 4.14. The second-order valence-corrected chi connectivity index (χ2v) is 4.14. The lowest BCUT2D eigenvalue weighted by atomic mass is 9.99. The van der Waals surface area contributed by atoms with Gasteiger partial charge in [-0.25, -0.2) is 0 Å². The number of hydrogen-bond acceptors (Lipinski definition) is 1. The fourth-order valence-electron chi connectivity index (χ4n) is 1.29. The summed E-state index contributed by atoms with van der Waals surface area (Å²) in [5.41, 5.74) is 1.31. The molecule has 0 rings (SSSR count). The van der Waals surface area contributed by atoms with E-state index in [2.05, 4.69) is 32.7 Å². The van der Waals surface area contributed by atoms with Crippen molar-refractivity contribution in [2.75, 3.05) is 13.1 Å². The van der Waals surface area contributed by atoms with Crippen LogP contribution in [0, 0.1) is 5.92 Å². The third-order valence-corrected chi connectivity index (χ3v) is 2.30. The molecule has 0 aromatic rings. The first-order valence-corrected chi connectivity index (χ1v) is 5.52. The molecule has 0 aliphatic rings. The predicted molar refractivity (Wildman–Crippen MR) is 61.0 cm³/mol. The minimum absolute atomic E-state index is 0.834. The average Bonchev–Trinajstić information content (AvgIpc) is 2.09. The Kier molecular flexibility index (Phi) is 8.11. The van der Waals surface area contributed by atoms with Gasteiger partial charge in [-0.3, -0.25) is 0 Å². The molecule has 1 nitrogen and oxygen atoms in total. The molecule has 1 atom stereocenters. The molecule has 0 amide bonds. The first-order chi connectivity index (χ1) is 6.16. The molecule has 0 saturated carbocycles. The lowest BCUT2D eigenvalue weighted by molar-refractivity contribution is 0.470. The Morgan fingerprint density at radius 3 is 2.54 bits per heavy atom. The summed E-state index contributed by atoms with van der Waals surface area (Å²) in [5, 5.41) is 3.43. The van der Waals surface area contributed by atoms with Gasteiger partial charge in [-0.2, -0.15) is 0 Å². The van der Waals surface area contributed by atoms with E-state index in [0.29, 0.717) is 0 Å². The lowest BCUT2D eigenvalue weighted by Crippen LogP contribution is -2.18. The molecule has 13 heavy (non-hydrogen) atoms. The molecule has 0 aromatic carbocycles. The number of allylic oxidation sites excluding steroid dienone is 1. The largest absolute Gasteiger partial charge is 0.317 e. The first-order valence-electron chi connectivity index (χ1n) is 5.52. The maximum Gasteiger partial charge on any atom is -0.00464 e. The zero-order chi connectivity index (χ0) is 10.1. The van der Waals surface area contributed by atoms with Gasteiger partial charge < -0.3 is 5.32 Å². The SMILES string of the molecule is C=C(C)CCC(C)CCNCCC. The van der Waals surface area contributed by atoms with Crippen molar-refractivity contribution < 1.29 is 0 Å². The first kappa shape index (κ1) is 12.7. The molecule has 0 saturated heterocycles. The highest BCUT2D eigenvalue weighted by Gasteiger charge is 2.00. The second kappa shape index (κ2) is 8.31. The summed E-state index contributed by atoms with van der Waals surface area (Å²) < 4.78 is 0. The van der Waals surface area contributed by atoms with Crippen molar-refractivity contribution in [3.05, 3.63) is 12.2 Å². The summed E-state index contributed by atoms with van der Waals surface area (Å²) in [6.45, 7) is 12.9. The van der Waals surface area contributed by atoms with Crippen LogP contribution >= 0.6 is 0 Å². The van der Waals surface area contributed by atoms with E-state index in [1.165, 1.54) is 37.8 Å². The molecular formula is C12H25N. The molecule has 78 valence electrons. The summed E-state index contributed by atoms with van der Waals surface area (Å²) in [5.74, 6) is 0.834. The van der Waals surface area contributed by atoms with Gasteiger partial charge in [0.1, 0.15) is 0 Å². The maximum absolute atomic E-state index is 3.92. The van der Waals surface area contributed by atoms with E-state index in [-0.39, 0.29) is 0 Å². The van der Waals surface area contributed by atoms with Crippen molar-refractivity contribution in [2.45, 2.75) is 46.5 Å². The topological polar surface area (TPSA) is 12.0 Å². The molecule has 0 heterocycles. The molecule has 0 aliphatic heterocycles. The van der Waals surface area contributed by atoms with Crippen molar-refractivity contribution in [3.63, 3.8) is 0 Å². The number of rotatable bonds is 8. The van der Waals surface area contributed by atoms with E-state index in [9.17, 15) is 0 Å². The lowest BCUT2D eigenvalue weighted by Gasteiger charge is -2.11. The van der Waals surface area contributed by atoms with E-state index in [0.717, 1.165) is 12.5 Å². The van der Waals surface area contributed by atoms with Crippen molar-refractivity contribution in [2.24, 2.45) is 5.92 Å². The molecule has 1 N–H and O–H groups in total. The van der Waals surface area contributed by atoms with Crippen LogP contribution in [0.2, 0.25) is 0 Å². The van der Waals surface area contributed by atoms with Gasteiger partial charge in [-0.05, 0) is 51.6 Å². The van der Waals surface area contributed by atoms with Gasteiger partial charge in [-0.15, -0.1) is 6.58 Å². The third kappa shape index (κ3) is 9.62. The quantitative estimate of drug-likeness (QED) is 0.449. The van der Waals surface area contributed by atoms with E-state index in [4.69, 9.17) is 0 Å². The summed E-state index contributed by atoms with van der Waals surface area (Å²) >= 11 is 0. The fourth-order valence-corrected chi connectivity index (χ4v) is 1.29. The Balaban J connectivity index is 3.19. The molecule has 0 radical (unpaired) electrons. The highest BCUT2D eigenvalue weighted by molar-refractivity contribution is 4.87. The minimum Gasteiger partial charge on any atom is -0.317 e. The van der Waals surface area contributed by atoms with Gasteiger partial charge in [0.05, 0.1) is 0 Å². The Morgan fingerprint density at radius 2 is 2.00 bits per heavy atom. The highest BCUT2D eigenvalue weighted by atomic mass is 14.8. The van der Waals surface area contributed by atoms with Gasteiger partial charge in [0.25, 0.3) is 0 Å². The predicted octanol–water partition coefficient (Wildman–Crippen LogP) is 3.37. The van der Waals surface area contributed by atoms with Gasteiger partial charge >= 0.3 is 0 Å². The molecule has 0 aliphatic carbocycles. The van der Waals surface area contributed by atoms with Crippen LogP contribution in [0.4, 0.5) is 0 Å². The van der Waals surface area contributed by atoms with Crippen LogP contribution in [0.25, 0.3) is 0 Å². The van der Waals surface area contributed by atoms with E-state index in [1.807, 2.05) is 0 Å². The molecular weight excluding hydrogens is 158 g/mol. The Bertz CT molecular complexity index is 129. The normalized spacial score (nSPS) is 12.8. The van der Waals surface area contributed by atoms with Crippen molar-refractivity contribution in [1.29, 1.82) is 0 Å². The Labute approximate surface area is 83.6 Å². The molecule has 0 spiro atoms. The molecule has 1 heteroatoms. The van der Waals surface area contributed by atoms with Crippen molar-refractivity contribution in [1.82, 2.24) is 5.32 Å². The van der Waals surface area contributed by atoms with Crippen LogP contribution in [0.5, 0.6) is 0 Å². The minimum atomic E-state index is 0.834. The Morgan fingerprint density at radius 1 is 1.31 bits per heavy atom. The Hall–Kier alpha value is -0.300. The zero-order valence-corrected chi connectivity index (χ0v) is 9.53. The van der Waals surface area contributed by atoms with Crippen LogP contribution < -0.4 is 5.32 Å². The van der Waals surface area contributed by atoms with Crippen LogP contribution in [0.1, 0.15) is 46.5 Å². The van der Waals surface area contributed by atoms with Crippen molar-refractivity contribution in [3.8, 4) is 0 Å². The van der Waals surface area contributed by atoms with Crippen LogP contribution in [0.3, 0.4) is 0 Å². The summed E-state index contributed by atoms with van der Waals surface area (Å²) in [6, 6.07) is 0. The van der Waals surface area contributed by atoms with Gasteiger partial charge in [0, 0.05) is 0 Å². The van der Waals surface area contributed by atoms with Gasteiger partial charge in [-0.1, -0.05) is 19.4 Å². The van der Waals surface area contributed by atoms with Crippen molar-refractivity contribution >= 4 is 0 Å². The van der Waals surface area contributed by atoms with E-state index in [1.54, 1.807) is 0 Å². The fraction of sp³-hybridized carbons (Fsp3) is 0.833. The number of hydrogen-bond donors (Lipinski definition) is 1. The van der Waals surface area contributed by atoms with Gasteiger partial charge in [0.15, 0.2) is 0 Å². The van der Waals surface area contributed by atoms with E-state index < -0.39 is 0 Å².